The molecule has 9 nitrogen and oxygen atoms in total. The first-order valence-corrected chi connectivity index (χ1v) is 12.0. The van der Waals surface area contributed by atoms with Crippen LogP contribution in [-0.2, 0) is 22.7 Å². The monoisotopic (exact) mass is 508 g/mol. The van der Waals surface area contributed by atoms with Crippen LogP contribution in [0.15, 0.2) is 48.7 Å². The molecule has 0 fully saturated rings. The fourth-order valence-electron chi connectivity index (χ4n) is 3.29. The number of nitrogens with zero attached hydrogens (tertiary/aromatic N) is 3. The number of nitrogens with one attached hydrogen (secondary N) is 2. The van der Waals surface area contributed by atoms with Crippen LogP contribution in [0.4, 0.5) is 36.3 Å². The fourth-order valence-corrected chi connectivity index (χ4v) is 3.88. The van der Waals surface area contributed by atoms with Crippen LogP contribution in [0.1, 0.15) is 27.0 Å². The van der Waals surface area contributed by atoms with Gasteiger partial charge in [-0.3, -0.25) is 9.10 Å². The molecule has 3 aromatic rings. The summed E-state index contributed by atoms with van der Waals surface area (Å²) in [7, 11) is -2.23. The third-order valence-corrected chi connectivity index (χ3v) is 6.28. The van der Waals surface area contributed by atoms with Gasteiger partial charge in [0.15, 0.2) is 0 Å². The Morgan fingerprint density at radius 3 is 2.37 bits per heavy atom. The van der Waals surface area contributed by atoms with Gasteiger partial charge in [0.1, 0.15) is 11.4 Å². The lowest BCUT2D eigenvalue weighted by atomic mass is 10.1. The molecule has 13 heteroatoms. The van der Waals surface area contributed by atoms with E-state index in [-0.39, 0.29) is 18.1 Å². The molecular formula is C22H23F3N6O3S. The number of hydrogen-bond acceptors (Lipinski definition) is 7. The van der Waals surface area contributed by atoms with E-state index < -0.39 is 33.5 Å². The minimum Gasteiger partial charge on any atom is -0.366 e. The Labute approximate surface area is 200 Å². The number of amides is 1. The first kappa shape index (κ1) is 25.7. The molecule has 1 heterocycles. The predicted molar refractivity (Wildman–Crippen MR) is 127 cm³/mol. The van der Waals surface area contributed by atoms with Gasteiger partial charge < -0.3 is 16.4 Å². The van der Waals surface area contributed by atoms with Gasteiger partial charge in [0.25, 0.3) is 0 Å². The number of sulfonamides is 1. The second-order valence-electron chi connectivity index (χ2n) is 7.69. The first-order chi connectivity index (χ1) is 16.3. The van der Waals surface area contributed by atoms with Crippen LogP contribution >= 0.6 is 0 Å². The Balaban J connectivity index is 1.93. The van der Waals surface area contributed by atoms with Crippen LogP contribution in [0.3, 0.4) is 0 Å². The van der Waals surface area contributed by atoms with E-state index in [1.165, 1.54) is 31.3 Å². The van der Waals surface area contributed by atoms with Crippen LogP contribution in [0.5, 0.6) is 0 Å². The number of alkyl halides is 3. The molecule has 1 amide bonds. The molecular weight excluding hydrogens is 485 g/mol. The van der Waals surface area contributed by atoms with E-state index in [1.807, 2.05) is 0 Å². The summed E-state index contributed by atoms with van der Waals surface area (Å²) in [5.74, 6) is -1.23. The van der Waals surface area contributed by atoms with Crippen molar-refractivity contribution in [1.29, 1.82) is 0 Å². The van der Waals surface area contributed by atoms with E-state index in [9.17, 15) is 26.4 Å². The maximum Gasteiger partial charge on any atom is 0.421 e. The molecule has 0 aliphatic rings. The molecule has 0 aliphatic carbocycles. The number of nitrogens with two attached hydrogens (primary N) is 1. The van der Waals surface area contributed by atoms with Gasteiger partial charge in [-0.25, -0.2) is 13.4 Å². The summed E-state index contributed by atoms with van der Waals surface area (Å²) in [6.45, 7) is 1.57. The maximum atomic E-state index is 13.6. The van der Waals surface area contributed by atoms with E-state index in [4.69, 9.17) is 5.73 Å². The molecule has 0 atom stereocenters. The summed E-state index contributed by atoms with van der Waals surface area (Å²) in [6.07, 6.45) is -3.05. The molecule has 0 radical (unpaired) electrons. The number of aromatic nitrogens is 2. The number of anilines is 4. The average Bonchev–Trinajstić information content (AvgIpc) is 2.76. The Morgan fingerprint density at radius 1 is 1.14 bits per heavy atom. The molecule has 0 saturated heterocycles. The van der Waals surface area contributed by atoms with Gasteiger partial charge >= 0.3 is 6.18 Å². The molecule has 0 bridgehead atoms. The first-order valence-electron chi connectivity index (χ1n) is 10.1. The number of para-hydroxylation sites is 1. The van der Waals surface area contributed by atoms with Gasteiger partial charge in [-0.05, 0) is 42.3 Å². The zero-order valence-electron chi connectivity index (χ0n) is 19.0. The standard InChI is InChI=1S/C22H23F3N6O3S/c1-13-5-4-6-15(18(13)31(2)35(3,33)34)11-27-20-17(22(23,24)25)12-28-21(30-20)29-16-9-7-14(8-10-16)19(26)32/h4-10,12H,11H2,1-3H3,(H2,26,32)(H2,27,28,29,30). The highest BCUT2D eigenvalue weighted by Crippen LogP contribution is 2.35. The van der Waals surface area contributed by atoms with E-state index in [1.54, 1.807) is 25.1 Å². The molecule has 35 heavy (non-hydrogen) atoms. The van der Waals surface area contributed by atoms with Crippen molar-refractivity contribution in [3.8, 4) is 0 Å². The van der Waals surface area contributed by atoms with E-state index in [0.29, 0.717) is 28.7 Å². The van der Waals surface area contributed by atoms with Crippen molar-refractivity contribution in [2.45, 2.75) is 19.6 Å². The van der Waals surface area contributed by atoms with Crippen LogP contribution in [-0.4, -0.2) is 37.6 Å². The summed E-state index contributed by atoms with van der Waals surface area (Å²) < 4.78 is 66.1. The highest BCUT2D eigenvalue weighted by molar-refractivity contribution is 7.92. The number of benzene rings is 2. The number of rotatable bonds is 8. The maximum absolute atomic E-state index is 13.6. The van der Waals surface area contributed by atoms with E-state index in [0.717, 1.165) is 10.6 Å². The van der Waals surface area contributed by atoms with Crippen LogP contribution < -0.4 is 20.7 Å². The van der Waals surface area contributed by atoms with Crippen LogP contribution in [0, 0.1) is 6.92 Å². The highest BCUT2D eigenvalue weighted by Gasteiger charge is 2.35. The molecule has 0 saturated carbocycles. The number of halogens is 3. The number of hydrogen-bond donors (Lipinski definition) is 3. The third-order valence-electron chi connectivity index (χ3n) is 5.10. The lowest BCUT2D eigenvalue weighted by molar-refractivity contribution is -0.137. The normalized spacial score (nSPS) is 11.7. The Bertz CT molecular complexity index is 1350. The van der Waals surface area contributed by atoms with Crippen molar-refractivity contribution in [3.05, 3.63) is 70.9 Å². The summed E-state index contributed by atoms with van der Waals surface area (Å²) >= 11 is 0. The van der Waals surface area contributed by atoms with Crippen molar-refractivity contribution >= 4 is 39.1 Å². The van der Waals surface area contributed by atoms with Crippen molar-refractivity contribution in [2.24, 2.45) is 5.73 Å². The summed E-state index contributed by atoms with van der Waals surface area (Å²) in [5, 5.41) is 5.44. The Morgan fingerprint density at radius 2 is 1.80 bits per heavy atom. The van der Waals surface area contributed by atoms with Gasteiger partial charge in [0.05, 0.1) is 11.9 Å². The Hall–Kier alpha value is -3.87. The molecule has 1 aromatic heterocycles. The minimum atomic E-state index is -4.73. The molecule has 0 aliphatic heterocycles. The average molecular weight is 509 g/mol. The molecule has 0 unspecified atom stereocenters. The van der Waals surface area contributed by atoms with Gasteiger partial charge in [-0.2, -0.15) is 18.2 Å². The fraction of sp³-hybridized carbons (Fsp3) is 0.227. The quantitative estimate of drug-likeness (QED) is 0.423. The lowest BCUT2D eigenvalue weighted by Gasteiger charge is -2.23. The van der Waals surface area contributed by atoms with Crippen molar-refractivity contribution < 1.29 is 26.4 Å². The van der Waals surface area contributed by atoms with E-state index >= 15 is 0 Å². The topological polar surface area (TPSA) is 130 Å². The van der Waals surface area contributed by atoms with Crippen molar-refractivity contribution in [1.82, 2.24) is 9.97 Å². The largest absolute Gasteiger partial charge is 0.421 e. The SMILES string of the molecule is Cc1cccc(CNc2nc(Nc3ccc(C(N)=O)cc3)ncc2C(F)(F)F)c1N(C)S(C)(=O)=O. The molecule has 0 spiro atoms. The zero-order valence-corrected chi connectivity index (χ0v) is 19.8. The van der Waals surface area contributed by atoms with Crippen molar-refractivity contribution in [2.75, 3.05) is 28.2 Å². The molecule has 3 rings (SSSR count). The Kier molecular flexibility index (Phi) is 7.19. The number of aryl methyl sites for hydroxylation is 1. The lowest BCUT2D eigenvalue weighted by Crippen LogP contribution is -2.27. The second kappa shape index (κ2) is 9.78. The van der Waals surface area contributed by atoms with Gasteiger partial charge in [-0.1, -0.05) is 18.2 Å². The minimum absolute atomic E-state index is 0.120. The number of carbonyl (C=O) groups excluding carboxylic acids is 1. The van der Waals surface area contributed by atoms with Gasteiger partial charge in [0, 0.05) is 31.0 Å². The van der Waals surface area contributed by atoms with E-state index in [2.05, 4.69) is 20.6 Å². The van der Waals surface area contributed by atoms with Gasteiger partial charge in [-0.15, -0.1) is 0 Å². The van der Waals surface area contributed by atoms with Crippen molar-refractivity contribution in [3.63, 3.8) is 0 Å². The smallest absolute Gasteiger partial charge is 0.366 e. The molecule has 186 valence electrons. The number of primary amides is 1. The zero-order chi connectivity index (χ0) is 26.0. The van der Waals surface area contributed by atoms with Gasteiger partial charge in [0.2, 0.25) is 21.9 Å². The van der Waals surface area contributed by atoms with Crippen LogP contribution in [0.2, 0.25) is 0 Å². The second-order valence-corrected chi connectivity index (χ2v) is 9.70. The summed E-state index contributed by atoms with van der Waals surface area (Å²) in [6, 6.07) is 10.9. The highest BCUT2D eigenvalue weighted by atomic mass is 32.2. The summed E-state index contributed by atoms with van der Waals surface area (Å²) in [5.41, 5.74) is 6.26. The van der Waals surface area contributed by atoms with Crippen LogP contribution in [0.25, 0.3) is 0 Å². The predicted octanol–water partition coefficient (Wildman–Crippen LogP) is 3.65. The summed E-state index contributed by atoms with van der Waals surface area (Å²) in [4.78, 5) is 18.9. The molecule has 2 aromatic carbocycles. The molecule has 4 N–H and O–H groups in total. The number of carbonyl (C=O) groups is 1. The third kappa shape index (κ3) is 6.18.